The second-order valence-electron chi connectivity index (χ2n) is 2.07. The first kappa shape index (κ1) is 11.8. The lowest BCUT2D eigenvalue weighted by atomic mass is 10.4. The Morgan fingerprint density at radius 2 is 1.86 bits per heavy atom. The van der Waals surface area contributed by atoms with Gasteiger partial charge in [-0.25, -0.2) is 9.59 Å². The van der Waals surface area contributed by atoms with Gasteiger partial charge in [0.1, 0.15) is 0 Å². The Labute approximate surface area is 80.3 Å². The molecule has 0 saturated carbocycles. The van der Waals surface area contributed by atoms with Gasteiger partial charge in [0.05, 0.1) is 5.69 Å². The van der Waals surface area contributed by atoms with E-state index in [1.165, 1.54) is 0 Å². The van der Waals surface area contributed by atoms with Crippen molar-refractivity contribution >= 4 is 18.0 Å². The molecule has 0 spiro atoms. The maximum atomic E-state index is 9.10. The van der Waals surface area contributed by atoms with Crippen molar-refractivity contribution in [3.63, 3.8) is 0 Å². The van der Waals surface area contributed by atoms with Crippen LogP contribution in [0.5, 0.6) is 0 Å². The van der Waals surface area contributed by atoms with Crippen LogP contribution in [0.15, 0.2) is 31.0 Å². The number of aliphatic carboxylic acids is 2. The topological polar surface area (TPSA) is 87.5 Å². The summed E-state index contributed by atoms with van der Waals surface area (Å²) < 4.78 is 0. The number of hydrogen-bond acceptors (Lipinski definition) is 3. The van der Waals surface area contributed by atoms with E-state index in [2.05, 4.69) is 11.6 Å². The zero-order valence-electron chi connectivity index (χ0n) is 7.25. The highest BCUT2D eigenvalue weighted by Crippen LogP contribution is 1.91. The van der Waals surface area contributed by atoms with Crippen molar-refractivity contribution in [2.24, 2.45) is 0 Å². The van der Waals surface area contributed by atoms with E-state index >= 15 is 0 Å². The maximum Gasteiger partial charge on any atom is 0.414 e. The predicted octanol–water partition coefficient (Wildman–Crippen LogP) is 0.880. The zero-order chi connectivity index (χ0) is 11.0. The molecule has 74 valence electrons. The van der Waals surface area contributed by atoms with Crippen LogP contribution in [0.2, 0.25) is 0 Å². The number of carboxylic acid groups (broad SMARTS) is 2. The van der Waals surface area contributed by atoms with Gasteiger partial charge in [0.25, 0.3) is 0 Å². The molecular formula is C9H9NO4. The molecule has 0 aromatic carbocycles. The second-order valence-corrected chi connectivity index (χ2v) is 2.07. The fourth-order valence-corrected chi connectivity index (χ4v) is 0.497. The monoisotopic (exact) mass is 195 g/mol. The maximum absolute atomic E-state index is 9.10. The summed E-state index contributed by atoms with van der Waals surface area (Å²) in [5, 5.41) is 14.8. The molecule has 1 aromatic rings. The molecule has 1 rings (SSSR count). The molecule has 0 atom stereocenters. The summed E-state index contributed by atoms with van der Waals surface area (Å²) in [6, 6.07) is 5.73. The number of carboxylic acids is 2. The fraction of sp³-hybridized carbons (Fsp3) is 0. The van der Waals surface area contributed by atoms with Gasteiger partial charge in [0.2, 0.25) is 0 Å². The van der Waals surface area contributed by atoms with Crippen LogP contribution in [0.1, 0.15) is 5.69 Å². The third kappa shape index (κ3) is 5.48. The highest BCUT2D eigenvalue weighted by atomic mass is 16.4. The van der Waals surface area contributed by atoms with Gasteiger partial charge in [-0.15, -0.1) is 0 Å². The molecule has 0 saturated heterocycles. The van der Waals surface area contributed by atoms with Crippen LogP contribution in [0.25, 0.3) is 6.08 Å². The number of hydrogen-bond donors (Lipinski definition) is 2. The van der Waals surface area contributed by atoms with E-state index in [9.17, 15) is 0 Å². The quantitative estimate of drug-likeness (QED) is 0.649. The molecule has 0 aliphatic carbocycles. The third-order valence-corrected chi connectivity index (χ3v) is 1.08. The first-order valence-corrected chi connectivity index (χ1v) is 3.57. The van der Waals surface area contributed by atoms with Crippen molar-refractivity contribution in [2.45, 2.75) is 0 Å². The fourth-order valence-electron chi connectivity index (χ4n) is 0.497. The zero-order valence-corrected chi connectivity index (χ0v) is 7.25. The minimum absolute atomic E-state index is 0.924. The number of rotatable bonds is 1. The van der Waals surface area contributed by atoms with E-state index in [4.69, 9.17) is 19.8 Å². The van der Waals surface area contributed by atoms with Crippen LogP contribution in [0.3, 0.4) is 0 Å². The number of carbonyl (C=O) groups is 2. The Bertz CT molecular complexity index is 309. The summed E-state index contributed by atoms with van der Waals surface area (Å²) in [6.45, 7) is 3.57. The first-order valence-electron chi connectivity index (χ1n) is 3.57. The summed E-state index contributed by atoms with van der Waals surface area (Å²) in [6.07, 6.45) is 3.47. The van der Waals surface area contributed by atoms with Crippen LogP contribution >= 0.6 is 0 Å². The molecule has 0 bridgehead atoms. The molecule has 1 aromatic heterocycles. The van der Waals surface area contributed by atoms with Crippen molar-refractivity contribution in [1.29, 1.82) is 0 Å². The normalized spacial score (nSPS) is 8.00. The summed E-state index contributed by atoms with van der Waals surface area (Å²) in [5.41, 5.74) is 0.924. The molecule has 0 radical (unpaired) electrons. The lowest BCUT2D eigenvalue weighted by Gasteiger charge is -1.84. The van der Waals surface area contributed by atoms with Crippen LogP contribution < -0.4 is 0 Å². The van der Waals surface area contributed by atoms with Gasteiger partial charge in [-0.3, -0.25) is 4.98 Å². The molecule has 0 aliphatic rings. The Balaban J connectivity index is 0.000000255. The Kier molecular flexibility index (Phi) is 5.37. The molecule has 0 unspecified atom stereocenters. The van der Waals surface area contributed by atoms with Gasteiger partial charge in [0.15, 0.2) is 0 Å². The smallest absolute Gasteiger partial charge is 0.414 e. The van der Waals surface area contributed by atoms with Crippen LogP contribution in [0, 0.1) is 0 Å². The molecule has 2 N–H and O–H groups in total. The number of aromatic nitrogens is 1. The molecule has 0 aliphatic heterocycles. The molecule has 0 fully saturated rings. The van der Waals surface area contributed by atoms with Gasteiger partial charge in [-0.05, 0) is 18.2 Å². The van der Waals surface area contributed by atoms with Gasteiger partial charge in [-0.1, -0.05) is 12.6 Å². The number of pyridine rings is 1. The molecular weight excluding hydrogens is 186 g/mol. The molecule has 5 nitrogen and oxygen atoms in total. The van der Waals surface area contributed by atoms with E-state index in [1.807, 2.05) is 18.2 Å². The van der Waals surface area contributed by atoms with Gasteiger partial charge >= 0.3 is 11.9 Å². The van der Waals surface area contributed by atoms with E-state index < -0.39 is 11.9 Å². The van der Waals surface area contributed by atoms with E-state index in [0.717, 1.165) is 5.69 Å². The second kappa shape index (κ2) is 6.36. The minimum atomic E-state index is -1.82. The first-order chi connectivity index (χ1) is 6.57. The minimum Gasteiger partial charge on any atom is -0.473 e. The molecule has 14 heavy (non-hydrogen) atoms. The van der Waals surface area contributed by atoms with E-state index in [-0.39, 0.29) is 0 Å². The van der Waals surface area contributed by atoms with Crippen LogP contribution in [0.4, 0.5) is 0 Å². The van der Waals surface area contributed by atoms with Gasteiger partial charge in [-0.2, -0.15) is 0 Å². The summed E-state index contributed by atoms with van der Waals surface area (Å²) in [4.78, 5) is 22.2. The lowest BCUT2D eigenvalue weighted by Crippen LogP contribution is -2.09. The summed E-state index contributed by atoms with van der Waals surface area (Å²) in [7, 11) is 0. The largest absolute Gasteiger partial charge is 0.473 e. The van der Waals surface area contributed by atoms with Crippen LogP contribution in [-0.4, -0.2) is 27.1 Å². The van der Waals surface area contributed by atoms with Crippen molar-refractivity contribution in [3.05, 3.63) is 36.7 Å². The standard InChI is InChI=1S/C7H7N.C2H2O4/c1-2-7-5-3-4-6-8-7;3-1(4)2(5)6/h2-6H,1H2;(H,3,4)(H,5,6). The lowest BCUT2D eigenvalue weighted by molar-refractivity contribution is -0.159. The summed E-state index contributed by atoms with van der Waals surface area (Å²) >= 11 is 0. The van der Waals surface area contributed by atoms with Crippen molar-refractivity contribution < 1.29 is 19.8 Å². The number of nitrogens with zero attached hydrogens (tertiary/aromatic N) is 1. The summed E-state index contributed by atoms with van der Waals surface area (Å²) in [5.74, 6) is -3.65. The van der Waals surface area contributed by atoms with E-state index in [1.54, 1.807) is 12.3 Å². The van der Waals surface area contributed by atoms with Gasteiger partial charge < -0.3 is 10.2 Å². The van der Waals surface area contributed by atoms with Crippen molar-refractivity contribution in [1.82, 2.24) is 4.98 Å². The molecule has 5 heteroatoms. The predicted molar refractivity (Wildman–Crippen MR) is 49.6 cm³/mol. The third-order valence-electron chi connectivity index (χ3n) is 1.08. The SMILES string of the molecule is C=Cc1ccccn1.O=C(O)C(=O)O. The van der Waals surface area contributed by atoms with Crippen molar-refractivity contribution in [3.8, 4) is 0 Å². The average molecular weight is 195 g/mol. The van der Waals surface area contributed by atoms with Crippen molar-refractivity contribution in [2.75, 3.05) is 0 Å². The molecule has 1 heterocycles. The average Bonchev–Trinajstić information content (AvgIpc) is 2.20. The Hall–Kier alpha value is -2.17. The highest BCUT2D eigenvalue weighted by molar-refractivity contribution is 6.27. The van der Waals surface area contributed by atoms with Gasteiger partial charge in [0, 0.05) is 6.20 Å². The van der Waals surface area contributed by atoms with E-state index in [0.29, 0.717) is 0 Å². The van der Waals surface area contributed by atoms with Crippen LogP contribution in [-0.2, 0) is 9.59 Å². The Morgan fingerprint density at radius 1 is 1.29 bits per heavy atom. The highest BCUT2D eigenvalue weighted by Gasteiger charge is 2.04. The Morgan fingerprint density at radius 3 is 2.07 bits per heavy atom. The molecule has 0 amide bonds.